The first-order valence-electron chi connectivity index (χ1n) is 7.58. The summed E-state index contributed by atoms with van der Waals surface area (Å²) in [7, 11) is 0. The van der Waals surface area contributed by atoms with Gasteiger partial charge in [0.2, 0.25) is 0 Å². The highest BCUT2D eigenvalue weighted by atomic mass is 16.5. The Morgan fingerprint density at radius 3 is 3.05 bits per heavy atom. The van der Waals surface area contributed by atoms with Crippen molar-refractivity contribution in [2.45, 2.75) is 25.9 Å². The van der Waals surface area contributed by atoms with Gasteiger partial charge >= 0.3 is 0 Å². The number of H-pyrrole nitrogens is 1. The summed E-state index contributed by atoms with van der Waals surface area (Å²) < 4.78 is 5.88. The Morgan fingerprint density at radius 2 is 2.27 bits per heavy atom. The van der Waals surface area contributed by atoms with Gasteiger partial charge < -0.3 is 9.84 Å². The van der Waals surface area contributed by atoms with Gasteiger partial charge in [0, 0.05) is 19.6 Å². The zero-order valence-corrected chi connectivity index (χ0v) is 13.0. The third-order valence-corrected chi connectivity index (χ3v) is 4.23. The van der Waals surface area contributed by atoms with E-state index in [-0.39, 0.29) is 0 Å². The van der Waals surface area contributed by atoms with Crippen LogP contribution < -0.4 is 4.74 Å². The van der Waals surface area contributed by atoms with E-state index in [4.69, 9.17) is 4.74 Å². The molecule has 1 aromatic carbocycles. The van der Waals surface area contributed by atoms with Crippen molar-refractivity contribution in [3.05, 3.63) is 41.2 Å². The molecule has 0 amide bonds. The van der Waals surface area contributed by atoms with Gasteiger partial charge in [-0.2, -0.15) is 15.4 Å². The Balaban J connectivity index is 1.52. The third kappa shape index (κ3) is 3.13. The molecule has 0 aliphatic carbocycles. The van der Waals surface area contributed by atoms with Gasteiger partial charge in [-0.1, -0.05) is 12.1 Å². The molecule has 0 spiro atoms. The van der Waals surface area contributed by atoms with Crippen LogP contribution in [0.2, 0.25) is 0 Å². The van der Waals surface area contributed by atoms with E-state index in [9.17, 15) is 5.11 Å². The Labute approximate surface area is 130 Å². The normalized spacial score (nSPS) is 22.1. The molecule has 0 saturated carbocycles. The van der Waals surface area contributed by atoms with Gasteiger partial charge in [0.05, 0.1) is 6.20 Å². The third-order valence-electron chi connectivity index (χ3n) is 4.23. The van der Waals surface area contributed by atoms with Gasteiger partial charge in [-0.3, -0.25) is 4.90 Å². The first-order valence-corrected chi connectivity index (χ1v) is 7.58. The molecule has 1 atom stereocenters. The fourth-order valence-electron chi connectivity index (χ4n) is 2.84. The van der Waals surface area contributed by atoms with Crippen molar-refractivity contribution in [1.29, 1.82) is 0 Å². The summed E-state index contributed by atoms with van der Waals surface area (Å²) in [5.74, 6) is 0.936. The number of aromatic amines is 1. The second-order valence-corrected chi connectivity index (χ2v) is 6.03. The molecule has 0 radical (unpaired) electrons. The van der Waals surface area contributed by atoms with Crippen LogP contribution in [-0.2, 0) is 5.60 Å². The van der Waals surface area contributed by atoms with Gasteiger partial charge in [-0.15, -0.1) is 0 Å². The number of nitrogens with one attached hydrogen (secondary N) is 1. The predicted molar refractivity (Wildman–Crippen MR) is 82.7 cm³/mol. The maximum Gasteiger partial charge on any atom is 0.124 e. The number of benzene rings is 1. The molecular weight excluding hydrogens is 280 g/mol. The maximum absolute atomic E-state index is 10.6. The van der Waals surface area contributed by atoms with E-state index in [0.29, 0.717) is 25.3 Å². The number of aryl methyl sites for hydroxylation is 2. The molecule has 1 fully saturated rings. The van der Waals surface area contributed by atoms with Crippen molar-refractivity contribution in [3.63, 3.8) is 0 Å². The number of β-amino-alcohol motifs (C(OH)–C–C–N with tert-alkyl or cyclic N) is 1. The molecule has 22 heavy (non-hydrogen) atoms. The van der Waals surface area contributed by atoms with E-state index < -0.39 is 5.60 Å². The van der Waals surface area contributed by atoms with Crippen molar-refractivity contribution in [3.8, 4) is 5.75 Å². The molecule has 118 valence electrons. The highest BCUT2D eigenvalue weighted by Gasteiger charge is 2.39. The zero-order valence-electron chi connectivity index (χ0n) is 13.0. The quantitative estimate of drug-likeness (QED) is 0.873. The lowest BCUT2D eigenvalue weighted by Gasteiger charge is -2.21. The molecule has 2 heterocycles. The monoisotopic (exact) mass is 302 g/mol. The number of ether oxygens (including phenoxy) is 1. The highest BCUT2D eigenvalue weighted by Crippen LogP contribution is 2.29. The first-order chi connectivity index (χ1) is 10.6. The Morgan fingerprint density at radius 1 is 1.41 bits per heavy atom. The second kappa shape index (κ2) is 6.06. The molecule has 3 rings (SSSR count). The molecule has 2 N–H and O–H groups in total. The lowest BCUT2D eigenvalue weighted by atomic mass is 10.0. The van der Waals surface area contributed by atoms with Gasteiger partial charge in [0.15, 0.2) is 0 Å². The van der Waals surface area contributed by atoms with Crippen LogP contribution in [0.3, 0.4) is 0 Å². The largest absolute Gasteiger partial charge is 0.492 e. The minimum absolute atomic E-state index is 0.565. The van der Waals surface area contributed by atoms with Crippen molar-refractivity contribution in [1.82, 2.24) is 20.3 Å². The number of likely N-dealkylation sites (tertiary alicyclic amines) is 1. The van der Waals surface area contributed by atoms with Gasteiger partial charge in [0.25, 0.3) is 0 Å². The second-order valence-electron chi connectivity index (χ2n) is 6.03. The molecule has 6 nitrogen and oxygen atoms in total. The van der Waals surface area contributed by atoms with E-state index in [1.807, 2.05) is 6.92 Å². The van der Waals surface area contributed by atoms with E-state index in [0.717, 1.165) is 24.4 Å². The Kier molecular flexibility index (Phi) is 4.13. The van der Waals surface area contributed by atoms with E-state index in [2.05, 4.69) is 45.4 Å². The number of hydrogen-bond acceptors (Lipinski definition) is 5. The van der Waals surface area contributed by atoms with Crippen LogP contribution in [0.1, 0.15) is 23.2 Å². The van der Waals surface area contributed by atoms with Crippen molar-refractivity contribution < 1.29 is 9.84 Å². The van der Waals surface area contributed by atoms with E-state index >= 15 is 0 Å². The van der Waals surface area contributed by atoms with Crippen molar-refractivity contribution >= 4 is 0 Å². The zero-order chi connectivity index (χ0) is 15.6. The van der Waals surface area contributed by atoms with Crippen LogP contribution in [0.5, 0.6) is 5.75 Å². The Hall–Kier alpha value is -1.92. The van der Waals surface area contributed by atoms with Gasteiger partial charge in [-0.25, -0.2) is 0 Å². The number of rotatable bonds is 5. The number of hydrogen-bond donors (Lipinski definition) is 2. The molecule has 6 heteroatoms. The number of nitrogens with zero attached hydrogens (tertiary/aromatic N) is 3. The molecule has 0 unspecified atom stereocenters. The van der Waals surface area contributed by atoms with Crippen LogP contribution in [0.25, 0.3) is 0 Å². The molecular formula is C16H22N4O2. The topological polar surface area (TPSA) is 74.3 Å². The molecule has 1 aliphatic heterocycles. The highest BCUT2D eigenvalue weighted by molar-refractivity contribution is 5.35. The molecule has 1 saturated heterocycles. The maximum atomic E-state index is 10.6. The summed E-state index contributed by atoms with van der Waals surface area (Å²) in [6.07, 6.45) is 2.26. The van der Waals surface area contributed by atoms with Crippen molar-refractivity contribution in [2.24, 2.45) is 0 Å². The van der Waals surface area contributed by atoms with Crippen LogP contribution in [0.4, 0.5) is 0 Å². The van der Waals surface area contributed by atoms with Gasteiger partial charge in [0.1, 0.15) is 23.7 Å². The first kappa shape index (κ1) is 15.0. The van der Waals surface area contributed by atoms with Crippen LogP contribution >= 0.6 is 0 Å². The minimum atomic E-state index is -0.897. The van der Waals surface area contributed by atoms with Crippen molar-refractivity contribution in [2.75, 3.05) is 26.2 Å². The summed E-state index contributed by atoms with van der Waals surface area (Å²) in [5, 5.41) is 21.0. The fraction of sp³-hybridized carbons (Fsp3) is 0.500. The fourth-order valence-corrected chi connectivity index (χ4v) is 2.84. The molecule has 0 bridgehead atoms. The Bertz CT molecular complexity index is 629. The SMILES string of the molecule is Cc1ccc(C)c(OCCN2CC[C@](O)(c3cn[nH]n3)C2)c1. The summed E-state index contributed by atoms with van der Waals surface area (Å²) in [4.78, 5) is 2.19. The summed E-state index contributed by atoms with van der Waals surface area (Å²) in [6.45, 7) is 6.90. The lowest BCUT2D eigenvalue weighted by molar-refractivity contribution is 0.0403. The molecule has 1 aliphatic rings. The standard InChI is InChI=1S/C16H22N4O2/c1-12-3-4-13(2)14(9-12)22-8-7-20-6-5-16(21,11-20)15-10-17-19-18-15/h3-4,9-10,21H,5-8,11H2,1-2H3,(H,17,18,19)/t16-/m1/s1. The molecule has 2 aromatic rings. The molecule has 1 aromatic heterocycles. The van der Waals surface area contributed by atoms with Crippen LogP contribution in [-0.4, -0.2) is 51.7 Å². The minimum Gasteiger partial charge on any atom is -0.492 e. The van der Waals surface area contributed by atoms with Gasteiger partial charge in [-0.05, 0) is 37.5 Å². The van der Waals surface area contributed by atoms with Crippen LogP contribution in [0.15, 0.2) is 24.4 Å². The average molecular weight is 302 g/mol. The number of aromatic nitrogens is 3. The summed E-state index contributed by atoms with van der Waals surface area (Å²) >= 11 is 0. The van der Waals surface area contributed by atoms with Crippen LogP contribution in [0, 0.1) is 13.8 Å². The summed E-state index contributed by atoms with van der Waals surface area (Å²) in [6, 6.07) is 6.22. The predicted octanol–water partition coefficient (Wildman–Crippen LogP) is 1.39. The smallest absolute Gasteiger partial charge is 0.124 e. The van der Waals surface area contributed by atoms with E-state index in [1.54, 1.807) is 6.20 Å². The average Bonchev–Trinajstić information content (AvgIpc) is 3.13. The lowest BCUT2D eigenvalue weighted by Crippen LogP contribution is -2.33. The summed E-state index contributed by atoms with van der Waals surface area (Å²) in [5.41, 5.74) is 2.06. The number of aliphatic hydroxyl groups is 1. The van der Waals surface area contributed by atoms with E-state index in [1.165, 1.54) is 5.56 Å².